The molecule has 4 nitrogen and oxygen atoms in total. The molecule has 0 fully saturated rings. The quantitative estimate of drug-likeness (QED) is 0.773. The second-order valence-electron chi connectivity index (χ2n) is 4.11. The highest BCUT2D eigenvalue weighted by molar-refractivity contribution is 5.77. The molecule has 0 aromatic carbocycles. The van der Waals surface area contributed by atoms with Crippen LogP contribution in [0.4, 0.5) is 0 Å². The summed E-state index contributed by atoms with van der Waals surface area (Å²) in [4.78, 5) is 15.2. The maximum absolute atomic E-state index is 11.3. The van der Waals surface area contributed by atoms with E-state index in [1.54, 1.807) is 12.4 Å². The van der Waals surface area contributed by atoms with Crippen LogP contribution in [0.2, 0.25) is 0 Å². The van der Waals surface area contributed by atoms with Gasteiger partial charge in [0.15, 0.2) is 0 Å². The third kappa shape index (κ3) is 4.40. The minimum absolute atomic E-state index is 0.0335. The summed E-state index contributed by atoms with van der Waals surface area (Å²) in [7, 11) is 0. The van der Waals surface area contributed by atoms with Gasteiger partial charge in [0, 0.05) is 31.3 Å². The van der Waals surface area contributed by atoms with Gasteiger partial charge < -0.3 is 10.4 Å². The zero-order valence-electron chi connectivity index (χ0n) is 9.68. The molecule has 0 saturated heterocycles. The lowest BCUT2D eigenvalue weighted by Crippen LogP contribution is -2.35. The maximum atomic E-state index is 11.3. The predicted octanol–water partition coefficient (Wildman–Crippen LogP) is 0.757. The molecule has 1 atom stereocenters. The molecule has 0 radical (unpaired) electrons. The summed E-state index contributed by atoms with van der Waals surface area (Å²) in [6.07, 6.45) is 3.36. The number of nitrogens with zero attached hydrogens (tertiary/aromatic N) is 1. The van der Waals surface area contributed by atoms with Crippen molar-refractivity contribution in [1.29, 1.82) is 0 Å². The first-order chi connectivity index (χ1) is 7.59. The zero-order valence-corrected chi connectivity index (χ0v) is 9.68. The molecule has 0 spiro atoms. The molecule has 88 valence electrons. The number of hydrogen-bond donors (Lipinski definition) is 2. The second kappa shape index (κ2) is 6.23. The summed E-state index contributed by atoms with van der Waals surface area (Å²) in [5, 5.41) is 12.4. The molecule has 0 bridgehead atoms. The first-order valence-corrected chi connectivity index (χ1v) is 5.44. The molecule has 1 rings (SSSR count). The fourth-order valence-corrected chi connectivity index (χ4v) is 1.29. The molecule has 1 aromatic rings. The Bertz CT molecular complexity index is 325. The van der Waals surface area contributed by atoms with E-state index in [2.05, 4.69) is 10.3 Å². The third-order valence-corrected chi connectivity index (χ3v) is 2.26. The fraction of sp³-hybridized carbons (Fsp3) is 0.500. The molecule has 1 heterocycles. The Kier molecular flexibility index (Phi) is 4.92. The summed E-state index contributed by atoms with van der Waals surface area (Å²) in [5.41, 5.74) is 1.02. The molecule has 0 saturated carbocycles. The Balaban J connectivity index is 2.31. The van der Waals surface area contributed by atoms with Crippen molar-refractivity contribution in [2.45, 2.75) is 26.4 Å². The van der Waals surface area contributed by atoms with Crippen molar-refractivity contribution >= 4 is 5.91 Å². The van der Waals surface area contributed by atoms with Gasteiger partial charge in [0.25, 0.3) is 0 Å². The van der Waals surface area contributed by atoms with Crippen LogP contribution in [0.25, 0.3) is 0 Å². The van der Waals surface area contributed by atoms with Crippen LogP contribution in [-0.4, -0.2) is 28.6 Å². The molecule has 1 aromatic heterocycles. The lowest BCUT2D eigenvalue weighted by Gasteiger charge is -2.13. The number of rotatable bonds is 5. The van der Waals surface area contributed by atoms with Crippen LogP contribution in [-0.2, 0) is 11.2 Å². The highest BCUT2D eigenvalue weighted by atomic mass is 16.3. The Morgan fingerprint density at radius 3 is 2.62 bits per heavy atom. The molecular formula is C12H18N2O2. The highest BCUT2D eigenvalue weighted by Crippen LogP contribution is 2.01. The van der Waals surface area contributed by atoms with Crippen molar-refractivity contribution < 1.29 is 9.90 Å². The minimum Gasteiger partial charge on any atom is -0.391 e. The Morgan fingerprint density at radius 1 is 1.44 bits per heavy atom. The van der Waals surface area contributed by atoms with Crippen LogP contribution >= 0.6 is 0 Å². The summed E-state index contributed by atoms with van der Waals surface area (Å²) in [6, 6.07) is 3.71. The van der Waals surface area contributed by atoms with E-state index in [0.29, 0.717) is 13.0 Å². The van der Waals surface area contributed by atoms with Gasteiger partial charge in [-0.3, -0.25) is 9.78 Å². The van der Waals surface area contributed by atoms with Gasteiger partial charge in [0.1, 0.15) is 0 Å². The number of carbonyl (C=O) groups excluding carboxylic acids is 1. The fourth-order valence-electron chi connectivity index (χ4n) is 1.29. The predicted molar refractivity (Wildman–Crippen MR) is 61.8 cm³/mol. The van der Waals surface area contributed by atoms with E-state index in [1.165, 1.54) is 0 Å². The van der Waals surface area contributed by atoms with Crippen LogP contribution < -0.4 is 5.32 Å². The molecule has 2 N–H and O–H groups in total. The van der Waals surface area contributed by atoms with Crippen LogP contribution in [0.5, 0.6) is 0 Å². The lowest BCUT2D eigenvalue weighted by molar-refractivity contribution is -0.124. The van der Waals surface area contributed by atoms with Crippen LogP contribution in [0.3, 0.4) is 0 Å². The molecule has 4 heteroatoms. The molecule has 0 aliphatic rings. The van der Waals surface area contributed by atoms with E-state index in [4.69, 9.17) is 0 Å². The number of aliphatic hydroxyl groups is 1. The number of aliphatic hydroxyl groups excluding tert-OH is 1. The number of pyridine rings is 1. The van der Waals surface area contributed by atoms with Gasteiger partial charge in [-0.1, -0.05) is 13.8 Å². The molecule has 0 aliphatic heterocycles. The summed E-state index contributed by atoms with van der Waals surface area (Å²) < 4.78 is 0. The number of amides is 1. The van der Waals surface area contributed by atoms with Gasteiger partial charge in [-0.25, -0.2) is 0 Å². The van der Waals surface area contributed by atoms with E-state index in [0.717, 1.165) is 5.56 Å². The molecular weight excluding hydrogens is 204 g/mol. The van der Waals surface area contributed by atoms with Crippen molar-refractivity contribution in [3.63, 3.8) is 0 Å². The Morgan fingerprint density at radius 2 is 2.06 bits per heavy atom. The van der Waals surface area contributed by atoms with E-state index in [9.17, 15) is 9.90 Å². The minimum atomic E-state index is -0.551. The summed E-state index contributed by atoms with van der Waals surface area (Å²) >= 11 is 0. The second-order valence-corrected chi connectivity index (χ2v) is 4.11. The topological polar surface area (TPSA) is 62.2 Å². The van der Waals surface area contributed by atoms with Gasteiger partial charge in [-0.05, 0) is 17.7 Å². The highest BCUT2D eigenvalue weighted by Gasteiger charge is 2.10. The van der Waals surface area contributed by atoms with Crippen molar-refractivity contribution in [3.8, 4) is 0 Å². The molecule has 1 unspecified atom stereocenters. The van der Waals surface area contributed by atoms with Crippen molar-refractivity contribution in [2.24, 2.45) is 5.92 Å². The third-order valence-electron chi connectivity index (χ3n) is 2.26. The van der Waals surface area contributed by atoms with E-state index < -0.39 is 6.10 Å². The van der Waals surface area contributed by atoms with E-state index in [-0.39, 0.29) is 11.8 Å². The molecule has 0 aliphatic carbocycles. The number of hydrogen-bond acceptors (Lipinski definition) is 3. The normalized spacial score (nSPS) is 12.5. The summed E-state index contributed by atoms with van der Waals surface area (Å²) in [5.74, 6) is -0.0816. The van der Waals surface area contributed by atoms with Crippen molar-refractivity contribution in [3.05, 3.63) is 30.1 Å². The van der Waals surface area contributed by atoms with E-state index in [1.807, 2.05) is 26.0 Å². The Labute approximate surface area is 95.7 Å². The SMILES string of the molecule is CC(C)C(=O)NCC(O)Cc1ccncc1. The maximum Gasteiger partial charge on any atom is 0.222 e. The van der Waals surface area contributed by atoms with Gasteiger partial charge in [0.2, 0.25) is 5.91 Å². The number of carbonyl (C=O) groups is 1. The molecule has 1 amide bonds. The number of nitrogens with one attached hydrogen (secondary N) is 1. The number of aromatic nitrogens is 1. The van der Waals surface area contributed by atoms with Gasteiger partial charge in [-0.15, -0.1) is 0 Å². The largest absolute Gasteiger partial charge is 0.391 e. The summed E-state index contributed by atoms with van der Waals surface area (Å²) in [6.45, 7) is 3.94. The standard InChI is InChI=1S/C12H18N2O2/c1-9(2)12(16)14-8-11(15)7-10-3-5-13-6-4-10/h3-6,9,11,15H,7-8H2,1-2H3,(H,14,16). The first kappa shape index (κ1) is 12.6. The van der Waals surface area contributed by atoms with Crippen molar-refractivity contribution in [1.82, 2.24) is 10.3 Å². The Hall–Kier alpha value is -1.42. The zero-order chi connectivity index (χ0) is 12.0. The monoisotopic (exact) mass is 222 g/mol. The van der Waals surface area contributed by atoms with Crippen LogP contribution in [0, 0.1) is 5.92 Å². The van der Waals surface area contributed by atoms with Crippen LogP contribution in [0.15, 0.2) is 24.5 Å². The molecule has 16 heavy (non-hydrogen) atoms. The smallest absolute Gasteiger partial charge is 0.222 e. The lowest BCUT2D eigenvalue weighted by atomic mass is 10.1. The average Bonchev–Trinajstić information content (AvgIpc) is 2.27. The van der Waals surface area contributed by atoms with Crippen LogP contribution in [0.1, 0.15) is 19.4 Å². The van der Waals surface area contributed by atoms with E-state index >= 15 is 0 Å². The van der Waals surface area contributed by atoms with Gasteiger partial charge >= 0.3 is 0 Å². The first-order valence-electron chi connectivity index (χ1n) is 5.44. The van der Waals surface area contributed by atoms with Crippen molar-refractivity contribution in [2.75, 3.05) is 6.54 Å². The van der Waals surface area contributed by atoms with Gasteiger partial charge in [0.05, 0.1) is 6.10 Å². The average molecular weight is 222 g/mol. The van der Waals surface area contributed by atoms with Gasteiger partial charge in [-0.2, -0.15) is 0 Å².